The summed E-state index contributed by atoms with van der Waals surface area (Å²) in [5.74, 6) is -5.91. The van der Waals surface area contributed by atoms with Crippen LogP contribution in [0.2, 0.25) is 0 Å². The zero-order valence-corrected chi connectivity index (χ0v) is 33.8. The molecule has 14 nitrogen and oxygen atoms in total. The van der Waals surface area contributed by atoms with Crippen LogP contribution in [-0.4, -0.2) is 95.4 Å². The molecule has 10 atom stereocenters. The molecule has 310 valence electrons. The molecule has 1 aliphatic heterocycles. The fourth-order valence-electron chi connectivity index (χ4n) is 9.99. The van der Waals surface area contributed by atoms with Crippen molar-refractivity contribution in [2.24, 2.45) is 16.7 Å². The Balaban J connectivity index is 1.68. The van der Waals surface area contributed by atoms with Crippen LogP contribution in [0.5, 0.6) is 0 Å². The lowest BCUT2D eigenvalue weighted by molar-refractivity contribution is -0.352. The van der Waals surface area contributed by atoms with Gasteiger partial charge in [0.05, 0.1) is 34.5 Å². The van der Waals surface area contributed by atoms with Crippen molar-refractivity contribution in [3.8, 4) is 0 Å². The van der Waals surface area contributed by atoms with Crippen molar-refractivity contribution in [3.05, 3.63) is 89.0 Å². The van der Waals surface area contributed by atoms with Crippen molar-refractivity contribution in [1.82, 2.24) is 0 Å². The molecule has 3 aliphatic carbocycles. The van der Waals surface area contributed by atoms with E-state index in [4.69, 9.17) is 33.2 Å². The summed E-state index contributed by atoms with van der Waals surface area (Å²) >= 11 is 0. The predicted molar refractivity (Wildman–Crippen MR) is 204 cm³/mol. The molecular formula is C44H50O14. The summed E-state index contributed by atoms with van der Waals surface area (Å²) < 4.78 is 43.6. The molecule has 1 saturated heterocycles. The standard InChI is InChI=1S/C44H50O14/c1-24-31(56-34(49)20-19-29-15-11-9-12-16-29)22-43(41(6,7)51)35(24)36(57-40(50)30-17-13-10-14-18-30)38(54-26(3)46)42(8)32(53-25(2)45)21-33-44(23-52-33,58-28(5)48)37(42)39(43)55-27(4)47/h9-20,31-33,36-39,51H,21-23H2,1-8H3/b20-19+/t31-,32-,33+,36+,37?,38-,39?,42+,43-,44-/m0/s1. The van der Waals surface area contributed by atoms with E-state index in [-0.39, 0.29) is 30.6 Å². The van der Waals surface area contributed by atoms with Gasteiger partial charge in [-0.05, 0) is 55.7 Å². The largest absolute Gasteiger partial charge is 0.462 e. The average molecular weight is 803 g/mol. The van der Waals surface area contributed by atoms with E-state index in [0.29, 0.717) is 5.57 Å². The van der Waals surface area contributed by atoms with Gasteiger partial charge in [-0.15, -0.1) is 0 Å². The second-order valence-corrected chi connectivity index (χ2v) is 16.3. The minimum Gasteiger partial charge on any atom is -0.462 e. The first-order valence-corrected chi connectivity index (χ1v) is 19.2. The molecule has 14 heteroatoms. The third-order valence-corrected chi connectivity index (χ3v) is 12.3. The maximum Gasteiger partial charge on any atom is 0.338 e. The van der Waals surface area contributed by atoms with Gasteiger partial charge in [0.1, 0.15) is 24.4 Å². The van der Waals surface area contributed by atoms with E-state index in [1.807, 2.05) is 18.2 Å². The van der Waals surface area contributed by atoms with Crippen molar-refractivity contribution < 1.29 is 67.0 Å². The van der Waals surface area contributed by atoms with Crippen molar-refractivity contribution in [1.29, 1.82) is 0 Å². The number of esters is 6. The van der Waals surface area contributed by atoms with Gasteiger partial charge in [-0.2, -0.15) is 0 Å². The van der Waals surface area contributed by atoms with Crippen LogP contribution in [-0.2, 0) is 57.1 Å². The lowest BCUT2D eigenvalue weighted by atomic mass is 9.49. The van der Waals surface area contributed by atoms with Crippen molar-refractivity contribution >= 4 is 41.9 Å². The SMILES string of the molecule is CC(=O)OC1C2[C@@](C)([C@@H](OC(C)=O)C[C@H]3OC[C@@]23OC(C)=O)[C@@H](OC(C)=O)[C@H](OC(=O)c2ccccc2)C2=C(C)[C@@H](OC(=O)/C=C/c3ccccc3)C[C@]21C(C)(C)O. The van der Waals surface area contributed by atoms with Gasteiger partial charge in [-0.25, -0.2) is 9.59 Å². The molecule has 58 heavy (non-hydrogen) atoms. The summed E-state index contributed by atoms with van der Waals surface area (Å²) in [6, 6.07) is 17.1. The zero-order valence-electron chi connectivity index (χ0n) is 33.8. The number of rotatable bonds is 10. The van der Waals surface area contributed by atoms with Crippen LogP contribution in [0.3, 0.4) is 0 Å². The Morgan fingerprint density at radius 2 is 1.38 bits per heavy atom. The van der Waals surface area contributed by atoms with E-state index in [1.165, 1.54) is 52.8 Å². The van der Waals surface area contributed by atoms with Gasteiger partial charge in [-0.1, -0.05) is 55.5 Å². The molecule has 2 aromatic carbocycles. The Morgan fingerprint density at radius 3 is 1.91 bits per heavy atom. The molecule has 0 bridgehead atoms. The third kappa shape index (κ3) is 7.32. The minimum absolute atomic E-state index is 0.0642. The molecule has 4 aliphatic rings. The normalized spacial score (nSPS) is 32.6. The number of benzene rings is 2. The highest BCUT2D eigenvalue weighted by Crippen LogP contribution is 2.69. The quantitative estimate of drug-likeness (QED) is 0.149. The number of carbonyl (C=O) groups excluding carboxylic acids is 6. The number of ether oxygens (including phenoxy) is 7. The number of aliphatic hydroxyl groups is 1. The first-order chi connectivity index (χ1) is 27.3. The van der Waals surface area contributed by atoms with E-state index in [1.54, 1.807) is 50.3 Å². The Morgan fingerprint density at radius 1 is 0.793 bits per heavy atom. The fourth-order valence-corrected chi connectivity index (χ4v) is 9.99. The van der Waals surface area contributed by atoms with Crippen LogP contribution in [0.4, 0.5) is 0 Å². The molecule has 6 rings (SSSR count). The van der Waals surface area contributed by atoms with E-state index < -0.39 is 100 Å². The van der Waals surface area contributed by atoms with Gasteiger partial charge in [0, 0.05) is 46.6 Å². The van der Waals surface area contributed by atoms with Crippen molar-refractivity contribution in [2.75, 3.05) is 6.61 Å². The topological polar surface area (TPSA) is 187 Å². The lowest BCUT2D eigenvalue weighted by Gasteiger charge is -2.65. The average Bonchev–Trinajstić information content (AvgIpc) is 3.40. The van der Waals surface area contributed by atoms with Gasteiger partial charge in [0.2, 0.25) is 0 Å². The highest BCUT2D eigenvalue weighted by atomic mass is 16.6. The minimum atomic E-state index is -1.93. The van der Waals surface area contributed by atoms with Crippen LogP contribution in [0, 0.1) is 16.7 Å². The third-order valence-electron chi connectivity index (χ3n) is 12.3. The second kappa shape index (κ2) is 15.8. The molecular weight excluding hydrogens is 752 g/mol. The Bertz CT molecular complexity index is 2020. The molecule has 0 radical (unpaired) electrons. The summed E-state index contributed by atoms with van der Waals surface area (Å²) in [6.07, 6.45) is -5.41. The Kier molecular flexibility index (Phi) is 11.5. The summed E-state index contributed by atoms with van der Waals surface area (Å²) in [5, 5.41) is 12.7. The summed E-state index contributed by atoms with van der Waals surface area (Å²) in [4.78, 5) is 80.9. The fraction of sp³-hybridized carbons (Fsp3) is 0.500. The van der Waals surface area contributed by atoms with Gasteiger partial charge in [0.25, 0.3) is 0 Å². The Labute approximate surface area is 336 Å². The molecule has 1 heterocycles. The van der Waals surface area contributed by atoms with Crippen LogP contribution in [0.25, 0.3) is 6.08 Å². The molecule has 0 amide bonds. The van der Waals surface area contributed by atoms with Crippen LogP contribution < -0.4 is 0 Å². The summed E-state index contributed by atoms with van der Waals surface area (Å²) in [7, 11) is 0. The number of carbonyl (C=O) groups is 6. The predicted octanol–water partition coefficient (Wildman–Crippen LogP) is 4.85. The van der Waals surface area contributed by atoms with Gasteiger partial charge in [-0.3, -0.25) is 19.2 Å². The molecule has 3 fully saturated rings. The smallest absolute Gasteiger partial charge is 0.338 e. The number of hydrogen-bond acceptors (Lipinski definition) is 14. The van der Waals surface area contributed by atoms with Gasteiger partial charge in [0.15, 0.2) is 17.8 Å². The van der Waals surface area contributed by atoms with E-state index in [9.17, 15) is 33.9 Å². The monoisotopic (exact) mass is 802 g/mol. The Hall–Kier alpha value is -5.34. The second-order valence-electron chi connectivity index (χ2n) is 16.3. The van der Waals surface area contributed by atoms with Gasteiger partial charge >= 0.3 is 35.8 Å². The van der Waals surface area contributed by atoms with Crippen molar-refractivity contribution in [3.63, 3.8) is 0 Å². The van der Waals surface area contributed by atoms with Crippen LogP contribution in [0.15, 0.2) is 77.9 Å². The summed E-state index contributed by atoms with van der Waals surface area (Å²) in [5.41, 5.74) is -5.78. The summed E-state index contributed by atoms with van der Waals surface area (Å²) in [6.45, 7) is 10.8. The highest BCUT2D eigenvalue weighted by molar-refractivity contribution is 5.90. The molecule has 2 saturated carbocycles. The lowest BCUT2D eigenvalue weighted by Crippen LogP contribution is -2.79. The van der Waals surface area contributed by atoms with Crippen molar-refractivity contribution in [2.45, 2.75) is 116 Å². The first kappa shape index (κ1) is 42.3. The maximum atomic E-state index is 14.3. The molecule has 0 aromatic heterocycles. The number of hydrogen-bond donors (Lipinski definition) is 1. The van der Waals surface area contributed by atoms with Crippen LogP contribution >= 0.6 is 0 Å². The maximum absolute atomic E-state index is 14.3. The van der Waals surface area contributed by atoms with Crippen LogP contribution in [0.1, 0.15) is 84.2 Å². The van der Waals surface area contributed by atoms with Gasteiger partial charge < -0.3 is 38.3 Å². The molecule has 0 spiro atoms. The first-order valence-electron chi connectivity index (χ1n) is 19.2. The van der Waals surface area contributed by atoms with E-state index in [0.717, 1.165) is 12.5 Å². The van der Waals surface area contributed by atoms with E-state index >= 15 is 0 Å². The highest BCUT2D eigenvalue weighted by Gasteiger charge is 2.81. The number of fused-ring (bicyclic) bond motifs is 4. The zero-order chi connectivity index (χ0) is 42.4. The molecule has 2 aromatic rings. The molecule has 2 unspecified atom stereocenters. The van der Waals surface area contributed by atoms with E-state index in [2.05, 4.69) is 0 Å². The molecule has 1 N–H and O–H groups in total.